The molecule has 0 aromatic heterocycles. The van der Waals surface area contributed by atoms with E-state index in [1.165, 1.54) is 25.7 Å². The lowest BCUT2D eigenvalue weighted by Crippen LogP contribution is -2.40. The van der Waals surface area contributed by atoms with E-state index in [4.69, 9.17) is 4.74 Å². The van der Waals surface area contributed by atoms with E-state index in [-0.39, 0.29) is 11.8 Å². The van der Waals surface area contributed by atoms with Gasteiger partial charge in [-0.2, -0.15) is 0 Å². The van der Waals surface area contributed by atoms with Gasteiger partial charge in [-0.1, -0.05) is 25.0 Å². The van der Waals surface area contributed by atoms with Crippen molar-refractivity contribution >= 4 is 5.91 Å². The molecular formula is C17H29NO2. The van der Waals surface area contributed by atoms with Crippen molar-refractivity contribution < 1.29 is 9.53 Å². The van der Waals surface area contributed by atoms with Crippen molar-refractivity contribution in [1.82, 2.24) is 5.32 Å². The van der Waals surface area contributed by atoms with Crippen LogP contribution in [0.5, 0.6) is 0 Å². The minimum Gasteiger partial charge on any atom is -0.382 e. The van der Waals surface area contributed by atoms with E-state index >= 15 is 0 Å². The molecule has 0 saturated heterocycles. The Hall–Kier alpha value is -0.830. The van der Waals surface area contributed by atoms with Crippen LogP contribution in [0.1, 0.15) is 58.3 Å². The highest BCUT2D eigenvalue weighted by Crippen LogP contribution is 2.40. The normalized spacial score (nSPS) is 24.8. The zero-order chi connectivity index (χ0) is 14.3. The monoisotopic (exact) mass is 279 g/mol. The van der Waals surface area contributed by atoms with Crippen molar-refractivity contribution in [3.63, 3.8) is 0 Å². The standard InChI is InChI=1S/C17H29NO2/c1-2-20-13-12-17(10-6-7-11-17)14-18-16(19)15-8-4-3-5-9-15/h3-4,15H,2,5-14H2,1H3,(H,18,19)/t15-/m1/s1. The molecule has 20 heavy (non-hydrogen) atoms. The van der Waals surface area contributed by atoms with Crippen LogP contribution in [0.3, 0.4) is 0 Å². The number of allylic oxidation sites excluding steroid dienone is 2. The number of nitrogens with one attached hydrogen (secondary N) is 1. The lowest BCUT2D eigenvalue weighted by molar-refractivity contribution is -0.125. The van der Waals surface area contributed by atoms with Gasteiger partial charge in [0.2, 0.25) is 5.91 Å². The molecule has 0 aromatic rings. The van der Waals surface area contributed by atoms with Gasteiger partial charge in [0.15, 0.2) is 0 Å². The number of amides is 1. The van der Waals surface area contributed by atoms with Crippen LogP contribution in [0, 0.1) is 11.3 Å². The van der Waals surface area contributed by atoms with Gasteiger partial charge in [0.1, 0.15) is 0 Å². The average Bonchev–Trinajstić information content (AvgIpc) is 2.95. The summed E-state index contributed by atoms with van der Waals surface area (Å²) in [6, 6.07) is 0. The maximum atomic E-state index is 12.3. The number of ether oxygens (including phenoxy) is 1. The highest BCUT2D eigenvalue weighted by atomic mass is 16.5. The summed E-state index contributed by atoms with van der Waals surface area (Å²) in [6.45, 7) is 4.51. The summed E-state index contributed by atoms with van der Waals surface area (Å²) in [5.74, 6) is 0.461. The van der Waals surface area contributed by atoms with Gasteiger partial charge in [-0.3, -0.25) is 4.79 Å². The quantitative estimate of drug-likeness (QED) is 0.572. The molecule has 2 aliphatic carbocycles. The van der Waals surface area contributed by atoms with E-state index in [1.807, 2.05) is 6.92 Å². The molecular weight excluding hydrogens is 250 g/mol. The number of carbonyl (C=O) groups is 1. The van der Waals surface area contributed by atoms with E-state index < -0.39 is 0 Å². The predicted octanol–water partition coefficient (Wildman–Crippen LogP) is 3.45. The maximum Gasteiger partial charge on any atom is 0.223 e. The minimum absolute atomic E-state index is 0.199. The van der Waals surface area contributed by atoms with Crippen molar-refractivity contribution in [2.24, 2.45) is 11.3 Å². The molecule has 3 nitrogen and oxygen atoms in total. The fourth-order valence-electron chi connectivity index (χ4n) is 3.52. The minimum atomic E-state index is 0.199. The second-order valence-corrected chi connectivity index (χ2v) is 6.35. The summed E-state index contributed by atoms with van der Waals surface area (Å²) in [4.78, 5) is 12.3. The Balaban J connectivity index is 1.79. The first-order valence-electron chi connectivity index (χ1n) is 8.26. The van der Waals surface area contributed by atoms with Gasteiger partial charge in [0, 0.05) is 25.7 Å². The highest BCUT2D eigenvalue weighted by molar-refractivity contribution is 5.79. The Morgan fingerprint density at radius 3 is 2.80 bits per heavy atom. The SMILES string of the molecule is CCOCCC1(CNC(=O)[C@@H]2CC=CCC2)CCCC1. The third kappa shape index (κ3) is 4.34. The van der Waals surface area contributed by atoms with Gasteiger partial charge in [-0.25, -0.2) is 0 Å². The number of carbonyl (C=O) groups excluding carboxylic acids is 1. The number of hydrogen-bond acceptors (Lipinski definition) is 2. The molecule has 2 aliphatic rings. The molecule has 114 valence electrons. The Morgan fingerprint density at radius 2 is 2.15 bits per heavy atom. The van der Waals surface area contributed by atoms with Crippen LogP contribution in [-0.2, 0) is 9.53 Å². The topological polar surface area (TPSA) is 38.3 Å². The molecule has 0 spiro atoms. The van der Waals surface area contributed by atoms with Gasteiger partial charge in [-0.05, 0) is 50.9 Å². The zero-order valence-corrected chi connectivity index (χ0v) is 12.8. The average molecular weight is 279 g/mol. The maximum absolute atomic E-state index is 12.3. The molecule has 0 radical (unpaired) electrons. The van der Waals surface area contributed by atoms with Crippen molar-refractivity contribution in [2.75, 3.05) is 19.8 Å². The molecule has 0 bridgehead atoms. The highest BCUT2D eigenvalue weighted by Gasteiger charge is 2.34. The van der Waals surface area contributed by atoms with E-state index in [0.29, 0.717) is 5.41 Å². The van der Waals surface area contributed by atoms with Gasteiger partial charge in [-0.15, -0.1) is 0 Å². The van der Waals surface area contributed by atoms with Crippen molar-refractivity contribution in [2.45, 2.75) is 58.3 Å². The molecule has 0 heterocycles. The van der Waals surface area contributed by atoms with E-state index in [0.717, 1.165) is 45.4 Å². The van der Waals surface area contributed by atoms with Gasteiger partial charge >= 0.3 is 0 Å². The van der Waals surface area contributed by atoms with Gasteiger partial charge in [0.05, 0.1) is 0 Å². The fourth-order valence-corrected chi connectivity index (χ4v) is 3.52. The van der Waals surface area contributed by atoms with Crippen molar-refractivity contribution in [3.05, 3.63) is 12.2 Å². The van der Waals surface area contributed by atoms with Crippen LogP contribution in [-0.4, -0.2) is 25.7 Å². The zero-order valence-electron chi connectivity index (χ0n) is 12.8. The molecule has 1 N–H and O–H groups in total. The molecule has 2 rings (SSSR count). The van der Waals surface area contributed by atoms with Gasteiger partial charge in [0.25, 0.3) is 0 Å². The Morgan fingerprint density at radius 1 is 1.35 bits per heavy atom. The summed E-state index contributed by atoms with van der Waals surface area (Å²) >= 11 is 0. The third-order valence-corrected chi connectivity index (χ3v) is 4.92. The molecule has 0 unspecified atom stereocenters. The van der Waals surface area contributed by atoms with Crippen LogP contribution in [0.4, 0.5) is 0 Å². The first-order valence-corrected chi connectivity index (χ1v) is 8.26. The summed E-state index contributed by atoms with van der Waals surface area (Å²) in [5.41, 5.74) is 0.301. The Bertz CT molecular complexity index is 332. The second kappa shape index (κ2) is 7.82. The van der Waals surface area contributed by atoms with E-state index in [1.54, 1.807) is 0 Å². The summed E-state index contributed by atoms with van der Waals surface area (Å²) in [6.07, 6.45) is 13.5. The molecule has 0 aromatic carbocycles. The lowest BCUT2D eigenvalue weighted by Gasteiger charge is -2.30. The molecule has 1 saturated carbocycles. The second-order valence-electron chi connectivity index (χ2n) is 6.35. The molecule has 1 fully saturated rings. The fraction of sp³-hybridized carbons (Fsp3) is 0.824. The van der Waals surface area contributed by atoms with Crippen LogP contribution < -0.4 is 5.32 Å². The summed E-state index contributed by atoms with van der Waals surface area (Å²) < 4.78 is 5.52. The first-order chi connectivity index (χ1) is 9.76. The van der Waals surface area contributed by atoms with Crippen molar-refractivity contribution in [1.29, 1.82) is 0 Å². The van der Waals surface area contributed by atoms with Crippen LogP contribution >= 0.6 is 0 Å². The summed E-state index contributed by atoms with van der Waals surface area (Å²) in [7, 11) is 0. The Labute approximate surface area is 123 Å². The number of rotatable bonds is 7. The van der Waals surface area contributed by atoms with Crippen molar-refractivity contribution in [3.8, 4) is 0 Å². The largest absolute Gasteiger partial charge is 0.382 e. The molecule has 3 heteroatoms. The van der Waals surface area contributed by atoms with E-state index in [9.17, 15) is 4.79 Å². The van der Waals surface area contributed by atoms with E-state index in [2.05, 4.69) is 17.5 Å². The Kier molecular flexibility index (Phi) is 6.08. The molecule has 1 atom stereocenters. The lowest BCUT2D eigenvalue weighted by atomic mass is 9.82. The van der Waals surface area contributed by atoms with Crippen LogP contribution in [0.25, 0.3) is 0 Å². The number of hydrogen-bond donors (Lipinski definition) is 1. The predicted molar refractivity (Wildman–Crippen MR) is 81.5 cm³/mol. The molecule has 1 amide bonds. The van der Waals surface area contributed by atoms with Crippen LogP contribution in [0.15, 0.2) is 12.2 Å². The summed E-state index contributed by atoms with van der Waals surface area (Å²) in [5, 5.41) is 3.23. The molecule has 0 aliphatic heterocycles. The van der Waals surface area contributed by atoms with Gasteiger partial charge < -0.3 is 10.1 Å². The smallest absolute Gasteiger partial charge is 0.223 e. The first kappa shape index (κ1) is 15.6. The third-order valence-electron chi connectivity index (χ3n) is 4.92. The van der Waals surface area contributed by atoms with Crippen LogP contribution in [0.2, 0.25) is 0 Å².